The summed E-state index contributed by atoms with van der Waals surface area (Å²) in [6, 6.07) is 0.440. The Labute approximate surface area is 98.3 Å². The SMILES string of the molecule is CCNC(c1nccn1C)C1CCC(C)C1. The standard InChI is InChI=1S/C13H23N3/c1-4-14-12(11-6-5-10(2)9-11)13-15-7-8-16(13)3/h7-8,10-12,14H,4-6,9H2,1-3H3. The van der Waals surface area contributed by atoms with Crippen molar-refractivity contribution >= 4 is 0 Å². The topological polar surface area (TPSA) is 29.9 Å². The van der Waals surface area contributed by atoms with Crippen molar-refractivity contribution in [3.05, 3.63) is 18.2 Å². The summed E-state index contributed by atoms with van der Waals surface area (Å²) in [6.07, 6.45) is 7.99. The maximum Gasteiger partial charge on any atom is 0.125 e. The number of imidazole rings is 1. The van der Waals surface area contributed by atoms with Crippen LogP contribution in [0.3, 0.4) is 0 Å². The molecule has 1 aromatic heterocycles. The van der Waals surface area contributed by atoms with E-state index in [0.29, 0.717) is 6.04 Å². The molecule has 1 aliphatic carbocycles. The predicted molar refractivity (Wildman–Crippen MR) is 66.1 cm³/mol. The maximum absolute atomic E-state index is 4.50. The molecular formula is C13H23N3. The number of nitrogens with one attached hydrogen (secondary N) is 1. The van der Waals surface area contributed by atoms with Gasteiger partial charge in [-0.25, -0.2) is 4.98 Å². The van der Waals surface area contributed by atoms with Gasteiger partial charge in [0.05, 0.1) is 6.04 Å². The Morgan fingerprint density at radius 3 is 2.88 bits per heavy atom. The van der Waals surface area contributed by atoms with Crippen LogP contribution in [-0.4, -0.2) is 16.1 Å². The summed E-state index contributed by atoms with van der Waals surface area (Å²) in [4.78, 5) is 4.50. The van der Waals surface area contributed by atoms with Crippen LogP contribution >= 0.6 is 0 Å². The summed E-state index contributed by atoms with van der Waals surface area (Å²) in [5.41, 5.74) is 0. The molecule has 90 valence electrons. The predicted octanol–water partition coefficient (Wildman–Crippen LogP) is 2.51. The highest BCUT2D eigenvalue weighted by atomic mass is 15.1. The first kappa shape index (κ1) is 11.6. The van der Waals surface area contributed by atoms with Crippen LogP contribution in [0.5, 0.6) is 0 Å². The minimum Gasteiger partial charge on any atom is -0.337 e. The molecule has 1 N–H and O–H groups in total. The molecule has 1 aromatic rings. The number of hydrogen-bond donors (Lipinski definition) is 1. The van der Waals surface area contributed by atoms with E-state index < -0.39 is 0 Å². The highest BCUT2D eigenvalue weighted by Gasteiger charge is 2.31. The molecule has 1 fully saturated rings. The molecule has 0 amide bonds. The van der Waals surface area contributed by atoms with Crippen molar-refractivity contribution in [1.82, 2.24) is 14.9 Å². The van der Waals surface area contributed by atoms with E-state index in [1.165, 1.54) is 25.1 Å². The molecule has 0 aliphatic heterocycles. The lowest BCUT2D eigenvalue weighted by molar-refractivity contribution is 0.345. The number of hydrogen-bond acceptors (Lipinski definition) is 2. The molecule has 0 bridgehead atoms. The van der Waals surface area contributed by atoms with E-state index >= 15 is 0 Å². The van der Waals surface area contributed by atoms with Crippen molar-refractivity contribution in [2.75, 3.05) is 6.54 Å². The van der Waals surface area contributed by atoms with Gasteiger partial charge in [0.25, 0.3) is 0 Å². The fraction of sp³-hybridized carbons (Fsp3) is 0.769. The van der Waals surface area contributed by atoms with Gasteiger partial charge in [-0.05, 0) is 31.2 Å². The highest BCUT2D eigenvalue weighted by molar-refractivity contribution is 5.02. The van der Waals surface area contributed by atoms with Crippen LogP contribution < -0.4 is 5.32 Å². The van der Waals surface area contributed by atoms with Gasteiger partial charge in [0.1, 0.15) is 5.82 Å². The molecule has 3 heteroatoms. The lowest BCUT2D eigenvalue weighted by Gasteiger charge is -2.24. The van der Waals surface area contributed by atoms with Gasteiger partial charge in [0.15, 0.2) is 0 Å². The van der Waals surface area contributed by atoms with Crippen LogP contribution in [0.15, 0.2) is 12.4 Å². The summed E-state index contributed by atoms with van der Waals surface area (Å²) in [7, 11) is 2.09. The number of aryl methyl sites for hydroxylation is 1. The number of nitrogens with zero attached hydrogens (tertiary/aromatic N) is 2. The first-order chi connectivity index (χ1) is 7.72. The van der Waals surface area contributed by atoms with Crippen LogP contribution in [-0.2, 0) is 7.05 Å². The first-order valence-electron chi connectivity index (χ1n) is 6.43. The van der Waals surface area contributed by atoms with Gasteiger partial charge in [-0.1, -0.05) is 20.3 Å². The Kier molecular flexibility index (Phi) is 3.64. The van der Waals surface area contributed by atoms with Crippen LogP contribution in [0.25, 0.3) is 0 Å². The Morgan fingerprint density at radius 1 is 1.56 bits per heavy atom. The molecule has 16 heavy (non-hydrogen) atoms. The molecule has 0 spiro atoms. The van der Waals surface area contributed by atoms with Gasteiger partial charge < -0.3 is 9.88 Å². The molecule has 3 nitrogen and oxygen atoms in total. The lowest BCUT2D eigenvalue weighted by atomic mass is 9.96. The minimum atomic E-state index is 0.440. The molecular weight excluding hydrogens is 198 g/mol. The Balaban J connectivity index is 2.14. The largest absolute Gasteiger partial charge is 0.337 e. The van der Waals surface area contributed by atoms with E-state index in [4.69, 9.17) is 0 Å². The van der Waals surface area contributed by atoms with Gasteiger partial charge >= 0.3 is 0 Å². The molecule has 2 rings (SSSR count). The van der Waals surface area contributed by atoms with Crippen molar-refractivity contribution in [3.8, 4) is 0 Å². The highest BCUT2D eigenvalue weighted by Crippen LogP contribution is 2.38. The molecule has 0 radical (unpaired) electrons. The number of aromatic nitrogens is 2. The average Bonchev–Trinajstić information content (AvgIpc) is 2.84. The van der Waals surface area contributed by atoms with Crippen molar-refractivity contribution < 1.29 is 0 Å². The monoisotopic (exact) mass is 221 g/mol. The van der Waals surface area contributed by atoms with Crippen LogP contribution in [0.1, 0.15) is 45.0 Å². The Hall–Kier alpha value is -0.830. The summed E-state index contributed by atoms with van der Waals surface area (Å²) in [5.74, 6) is 2.84. The summed E-state index contributed by atoms with van der Waals surface area (Å²) >= 11 is 0. The lowest BCUT2D eigenvalue weighted by Crippen LogP contribution is -2.29. The zero-order valence-electron chi connectivity index (χ0n) is 10.6. The van der Waals surface area contributed by atoms with E-state index in [9.17, 15) is 0 Å². The van der Waals surface area contributed by atoms with E-state index in [2.05, 4.69) is 35.8 Å². The van der Waals surface area contributed by atoms with Crippen LogP contribution in [0.2, 0.25) is 0 Å². The summed E-state index contributed by atoms with van der Waals surface area (Å²) in [6.45, 7) is 5.55. The smallest absolute Gasteiger partial charge is 0.125 e. The third-order valence-corrected chi connectivity index (χ3v) is 3.77. The van der Waals surface area contributed by atoms with E-state index in [1.807, 2.05) is 12.4 Å². The Bertz CT molecular complexity index is 332. The summed E-state index contributed by atoms with van der Waals surface area (Å²) < 4.78 is 2.15. The fourth-order valence-electron chi connectivity index (χ4n) is 2.92. The van der Waals surface area contributed by atoms with Gasteiger partial charge in [-0.3, -0.25) is 0 Å². The fourth-order valence-corrected chi connectivity index (χ4v) is 2.92. The maximum atomic E-state index is 4.50. The average molecular weight is 221 g/mol. The van der Waals surface area contributed by atoms with Crippen molar-refractivity contribution in [3.63, 3.8) is 0 Å². The van der Waals surface area contributed by atoms with E-state index in [0.717, 1.165) is 18.4 Å². The third-order valence-electron chi connectivity index (χ3n) is 3.77. The molecule has 3 unspecified atom stereocenters. The van der Waals surface area contributed by atoms with E-state index in [1.54, 1.807) is 0 Å². The van der Waals surface area contributed by atoms with Crippen molar-refractivity contribution in [2.45, 2.75) is 39.2 Å². The van der Waals surface area contributed by atoms with Gasteiger partial charge in [0.2, 0.25) is 0 Å². The number of rotatable bonds is 4. The molecule has 1 aliphatic rings. The second kappa shape index (κ2) is 5.00. The second-order valence-corrected chi connectivity index (χ2v) is 5.11. The zero-order valence-corrected chi connectivity index (χ0v) is 10.6. The van der Waals surface area contributed by atoms with Crippen LogP contribution in [0.4, 0.5) is 0 Å². The van der Waals surface area contributed by atoms with Gasteiger partial charge in [0, 0.05) is 19.4 Å². The van der Waals surface area contributed by atoms with Gasteiger partial charge in [-0.2, -0.15) is 0 Å². The normalized spacial score (nSPS) is 27.2. The quantitative estimate of drug-likeness (QED) is 0.846. The zero-order chi connectivity index (χ0) is 11.5. The van der Waals surface area contributed by atoms with Gasteiger partial charge in [-0.15, -0.1) is 0 Å². The minimum absolute atomic E-state index is 0.440. The Morgan fingerprint density at radius 2 is 2.38 bits per heavy atom. The molecule has 0 saturated heterocycles. The third kappa shape index (κ3) is 2.29. The molecule has 0 aromatic carbocycles. The van der Waals surface area contributed by atoms with E-state index in [-0.39, 0.29) is 0 Å². The van der Waals surface area contributed by atoms with Crippen molar-refractivity contribution in [2.24, 2.45) is 18.9 Å². The molecule has 1 heterocycles. The van der Waals surface area contributed by atoms with Crippen LogP contribution in [0, 0.1) is 11.8 Å². The molecule has 1 saturated carbocycles. The molecule has 3 atom stereocenters. The summed E-state index contributed by atoms with van der Waals surface area (Å²) in [5, 5.41) is 3.61. The van der Waals surface area contributed by atoms with Crippen molar-refractivity contribution in [1.29, 1.82) is 0 Å². The first-order valence-corrected chi connectivity index (χ1v) is 6.43. The second-order valence-electron chi connectivity index (χ2n) is 5.11.